The molecule has 1 unspecified atom stereocenters. The van der Waals surface area contributed by atoms with Crippen LogP contribution in [0.5, 0.6) is 0 Å². The maximum atomic E-state index is 11.4. The lowest BCUT2D eigenvalue weighted by Crippen LogP contribution is -2.37. The van der Waals surface area contributed by atoms with Gasteiger partial charge < -0.3 is 20.1 Å². The van der Waals surface area contributed by atoms with Gasteiger partial charge in [0.25, 0.3) is 5.91 Å². The molecule has 5 nitrogen and oxygen atoms in total. The molecule has 5 heteroatoms. The van der Waals surface area contributed by atoms with Crippen LogP contribution in [0.25, 0.3) is 0 Å². The molecule has 104 valence electrons. The first-order valence-electron chi connectivity index (χ1n) is 6.50. The Morgan fingerprint density at radius 1 is 1.32 bits per heavy atom. The van der Waals surface area contributed by atoms with E-state index in [1.165, 1.54) is 0 Å². The Balaban J connectivity index is 1.75. The smallest absolute Gasteiger partial charge is 0.251 e. The Bertz CT molecular complexity index is 400. The van der Waals surface area contributed by atoms with E-state index in [0.717, 1.165) is 18.7 Å². The van der Waals surface area contributed by atoms with E-state index in [9.17, 15) is 4.79 Å². The minimum Gasteiger partial charge on any atom is -0.376 e. The van der Waals surface area contributed by atoms with E-state index in [1.54, 1.807) is 7.05 Å². The van der Waals surface area contributed by atoms with Gasteiger partial charge in [-0.1, -0.05) is 12.1 Å². The highest BCUT2D eigenvalue weighted by molar-refractivity contribution is 5.93. The minimum absolute atomic E-state index is 0.0627. The van der Waals surface area contributed by atoms with Gasteiger partial charge in [-0.2, -0.15) is 0 Å². The van der Waals surface area contributed by atoms with Gasteiger partial charge in [0.05, 0.1) is 25.9 Å². The number of rotatable bonds is 5. The number of amides is 1. The highest BCUT2D eigenvalue weighted by Gasteiger charge is 2.13. The van der Waals surface area contributed by atoms with Crippen LogP contribution < -0.4 is 10.6 Å². The van der Waals surface area contributed by atoms with E-state index in [4.69, 9.17) is 9.47 Å². The first-order valence-corrected chi connectivity index (χ1v) is 6.50. The second-order valence-electron chi connectivity index (χ2n) is 4.47. The fourth-order valence-electron chi connectivity index (χ4n) is 1.95. The summed E-state index contributed by atoms with van der Waals surface area (Å²) in [6.07, 6.45) is 0.138. The van der Waals surface area contributed by atoms with E-state index in [0.29, 0.717) is 25.4 Å². The molecule has 0 saturated carbocycles. The van der Waals surface area contributed by atoms with Gasteiger partial charge in [0.15, 0.2) is 0 Å². The molecule has 0 aromatic heterocycles. The van der Waals surface area contributed by atoms with E-state index >= 15 is 0 Å². The molecule has 1 aliphatic heterocycles. The predicted octanol–water partition coefficient (Wildman–Crippen LogP) is 0.551. The molecule has 2 rings (SSSR count). The normalized spacial score (nSPS) is 19.1. The van der Waals surface area contributed by atoms with Gasteiger partial charge in [0.1, 0.15) is 0 Å². The van der Waals surface area contributed by atoms with Crippen LogP contribution in [0.4, 0.5) is 0 Å². The lowest BCUT2D eigenvalue weighted by Gasteiger charge is -2.23. The molecule has 1 aromatic rings. The van der Waals surface area contributed by atoms with Crippen LogP contribution in [0.2, 0.25) is 0 Å². The number of ether oxygens (including phenoxy) is 2. The summed E-state index contributed by atoms with van der Waals surface area (Å²) in [5, 5.41) is 5.93. The third-order valence-corrected chi connectivity index (χ3v) is 3.03. The summed E-state index contributed by atoms with van der Waals surface area (Å²) in [7, 11) is 1.63. The quantitative estimate of drug-likeness (QED) is 0.815. The van der Waals surface area contributed by atoms with Crippen molar-refractivity contribution in [2.24, 2.45) is 0 Å². The van der Waals surface area contributed by atoms with Crippen LogP contribution in [-0.4, -0.2) is 45.4 Å². The molecule has 2 N–H and O–H groups in total. The Morgan fingerprint density at radius 2 is 2.11 bits per heavy atom. The van der Waals surface area contributed by atoms with E-state index in [1.807, 2.05) is 24.3 Å². The Hall–Kier alpha value is -1.43. The SMILES string of the molecule is CNC(=O)c1ccc(CNCC2COCCO2)cc1. The number of carbonyl (C=O) groups excluding carboxylic acids is 1. The molecular formula is C14H20N2O3. The standard InChI is InChI=1S/C14H20N2O3/c1-15-14(17)12-4-2-11(3-5-12)8-16-9-13-10-18-6-7-19-13/h2-5,13,16H,6-10H2,1H3,(H,15,17). The van der Waals surface area contributed by atoms with Gasteiger partial charge in [0, 0.05) is 25.7 Å². The molecule has 0 spiro atoms. The van der Waals surface area contributed by atoms with Crippen LogP contribution >= 0.6 is 0 Å². The largest absolute Gasteiger partial charge is 0.376 e. The van der Waals surface area contributed by atoms with Crippen molar-refractivity contribution in [2.75, 3.05) is 33.4 Å². The Kier molecular flexibility index (Phi) is 5.32. The van der Waals surface area contributed by atoms with Crippen LogP contribution in [0, 0.1) is 0 Å². The second kappa shape index (κ2) is 7.23. The Labute approximate surface area is 113 Å². The van der Waals surface area contributed by atoms with Crippen molar-refractivity contribution >= 4 is 5.91 Å². The fraction of sp³-hybridized carbons (Fsp3) is 0.500. The van der Waals surface area contributed by atoms with E-state index in [-0.39, 0.29) is 12.0 Å². The zero-order valence-electron chi connectivity index (χ0n) is 11.1. The van der Waals surface area contributed by atoms with Gasteiger partial charge in [-0.15, -0.1) is 0 Å². The second-order valence-corrected chi connectivity index (χ2v) is 4.47. The maximum Gasteiger partial charge on any atom is 0.251 e. The van der Waals surface area contributed by atoms with Crippen molar-refractivity contribution in [3.63, 3.8) is 0 Å². The van der Waals surface area contributed by atoms with Crippen LogP contribution in [0.1, 0.15) is 15.9 Å². The number of carbonyl (C=O) groups is 1. The summed E-state index contributed by atoms with van der Waals surface area (Å²) < 4.78 is 10.9. The average molecular weight is 264 g/mol. The third kappa shape index (κ3) is 4.31. The first kappa shape index (κ1) is 14.0. The maximum absolute atomic E-state index is 11.4. The highest BCUT2D eigenvalue weighted by Crippen LogP contribution is 2.05. The summed E-state index contributed by atoms with van der Waals surface area (Å²) in [6.45, 7) is 3.55. The average Bonchev–Trinajstić information content (AvgIpc) is 2.48. The van der Waals surface area contributed by atoms with Gasteiger partial charge in [-0.3, -0.25) is 4.79 Å². The zero-order valence-corrected chi connectivity index (χ0v) is 11.1. The topological polar surface area (TPSA) is 59.6 Å². The summed E-state index contributed by atoms with van der Waals surface area (Å²) in [6, 6.07) is 7.57. The highest BCUT2D eigenvalue weighted by atomic mass is 16.6. The minimum atomic E-state index is -0.0627. The van der Waals surface area contributed by atoms with Crippen LogP contribution in [-0.2, 0) is 16.0 Å². The summed E-state index contributed by atoms with van der Waals surface area (Å²) in [5.74, 6) is -0.0627. The summed E-state index contributed by atoms with van der Waals surface area (Å²) in [4.78, 5) is 11.4. The molecule has 19 heavy (non-hydrogen) atoms. The third-order valence-electron chi connectivity index (χ3n) is 3.03. The van der Waals surface area contributed by atoms with Crippen LogP contribution in [0.3, 0.4) is 0 Å². The van der Waals surface area contributed by atoms with Gasteiger partial charge in [-0.25, -0.2) is 0 Å². The summed E-state index contributed by atoms with van der Waals surface area (Å²) in [5.41, 5.74) is 1.82. The van der Waals surface area contributed by atoms with Gasteiger partial charge in [0.2, 0.25) is 0 Å². The molecule has 1 saturated heterocycles. The van der Waals surface area contributed by atoms with Crippen molar-refractivity contribution in [1.29, 1.82) is 0 Å². The molecule has 0 aliphatic carbocycles. The van der Waals surface area contributed by atoms with Crippen molar-refractivity contribution < 1.29 is 14.3 Å². The molecule has 1 heterocycles. The van der Waals surface area contributed by atoms with Gasteiger partial charge in [-0.05, 0) is 17.7 Å². The van der Waals surface area contributed by atoms with Crippen molar-refractivity contribution in [3.05, 3.63) is 35.4 Å². The van der Waals surface area contributed by atoms with Crippen molar-refractivity contribution in [3.8, 4) is 0 Å². The molecular weight excluding hydrogens is 244 g/mol. The van der Waals surface area contributed by atoms with Crippen molar-refractivity contribution in [1.82, 2.24) is 10.6 Å². The van der Waals surface area contributed by atoms with Crippen LogP contribution in [0.15, 0.2) is 24.3 Å². The molecule has 1 atom stereocenters. The molecule has 1 amide bonds. The summed E-state index contributed by atoms with van der Waals surface area (Å²) >= 11 is 0. The van der Waals surface area contributed by atoms with Gasteiger partial charge >= 0.3 is 0 Å². The lowest BCUT2D eigenvalue weighted by molar-refractivity contribution is -0.0864. The first-order chi connectivity index (χ1) is 9.29. The molecule has 0 bridgehead atoms. The zero-order chi connectivity index (χ0) is 13.5. The number of hydrogen-bond acceptors (Lipinski definition) is 4. The number of nitrogens with one attached hydrogen (secondary N) is 2. The van der Waals surface area contributed by atoms with E-state index < -0.39 is 0 Å². The molecule has 1 aliphatic rings. The lowest BCUT2D eigenvalue weighted by atomic mass is 10.1. The van der Waals surface area contributed by atoms with Crippen molar-refractivity contribution in [2.45, 2.75) is 12.6 Å². The Morgan fingerprint density at radius 3 is 2.74 bits per heavy atom. The molecule has 1 fully saturated rings. The predicted molar refractivity (Wildman–Crippen MR) is 72.1 cm³/mol. The monoisotopic (exact) mass is 264 g/mol. The number of hydrogen-bond donors (Lipinski definition) is 2. The van der Waals surface area contributed by atoms with E-state index in [2.05, 4.69) is 10.6 Å². The fourth-order valence-corrected chi connectivity index (χ4v) is 1.95. The molecule has 0 radical (unpaired) electrons. The number of benzene rings is 1. The molecule has 1 aromatic carbocycles.